The summed E-state index contributed by atoms with van der Waals surface area (Å²) < 4.78 is 15.0. The second-order valence-corrected chi connectivity index (χ2v) is 5.54. The lowest BCUT2D eigenvalue weighted by Gasteiger charge is -2.22. The van der Waals surface area contributed by atoms with Crippen LogP contribution in [0, 0.1) is 11.2 Å². The number of halogens is 1. The third kappa shape index (κ3) is 1.55. The van der Waals surface area contributed by atoms with Gasteiger partial charge >= 0.3 is 0 Å². The van der Waals surface area contributed by atoms with E-state index in [0.717, 1.165) is 24.4 Å². The average Bonchev–Trinajstić information content (AvgIpc) is 2.99. The second-order valence-electron chi connectivity index (χ2n) is 5.54. The van der Waals surface area contributed by atoms with E-state index in [9.17, 15) is 4.39 Å². The van der Waals surface area contributed by atoms with E-state index in [1.807, 2.05) is 0 Å². The van der Waals surface area contributed by atoms with Crippen LogP contribution in [0.3, 0.4) is 0 Å². The van der Waals surface area contributed by atoms with Crippen molar-refractivity contribution >= 4 is 0 Å². The molecule has 1 aliphatic carbocycles. The number of fused-ring (bicyclic) bond motifs is 1. The third-order valence-corrected chi connectivity index (χ3v) is 4.21. The van der Waals surface area contributed by atoms with Gasteiger partial charge in [0.05, 0.1) is 11.9 Å². The molecule has 1 aliphatic heterocycles. The van der Waals surface area contributed by atoms with Gasteiger partial charge in [-0.15, -0.1) is 0 Å². The van der Waals surface area contributed by atoms with Crippen LogP contribution in [0.25, 0.3) is 11.4 Å². The van der Waals surface area contributed by atoms with Gasteiger partial charge in [-0.25, -0.2) is 4.39 Å². The van der Waals surface area contributed by atoms with Gasteiger partial charge in [-0.2, -0.15) is 5.10 Å². The predicted molar refractivity (Wildman–Crippen MR) is 65.4 cm³/mol. The van der Waals surface area contributed by atoms with Crippen molar-refractivity contribution in [2.45, 2.75) is 32.2 Å². The van der Waals surface area contributed by atoms with Crippen molar-refractivity contribution in [1.29, 1.82) is 0 Å². The lowest BCUT2D eigenvalue weighted by atomic mass is 9.95. The molecule has 0 unspecified atom stereocenters. The molecule has 3 heterocycles. The number of nitrogens with zero attached hydrogens (tertiary/aromatic N) is 3. The fourth-order valence-electron chi connectivity index (χ4n) is 2.82. The summed E-state index contributed by atoms with van der Waals surface area (Å²) >= 11 is 0. The maximum absolute atomic E-state index is 12.9. The zero-order chi connectivity index (χ0) is 12.2. The predicted octanol–water partition coefficient (Wildman–Crippen LogP) is 2.81. The summed E-state index contributed by atoms with van der Waals surface area (Å²) in [5.41, 5.74) is 3.45. The Kier molecular flexibility index (Phi) is 1.93. The summed E-state index contributed by atoms with van der Waals surface area (Å²) in [5.74, 6) is -0.306. The fourth-order valence-corrected chi connectivity index (χ4v) is 2.82. The largest absolute Gasteiger partial charge is 0.268 e. The van der Waals surface area contributed by atoms with Crippen LogP contribution in [0.15, 0.2) is 24.4 Å². The molecule has 2 aromatic rings. The Morgan fingerprint density at radius 2 is 2.06 bits per heavy atom. The second kappa shape index (κ2) is 3.40. The Balaban J connectivity index is 1.71. The molecule has 0 bridgehead atoms. The van der Waals surface area contributed by atoms with Gasteiger partial charge in [-0.05, 0) is 49.3 Å². The van der Waals surface area contributed by atoms with Crippen LogP contribution in [-0.2, 0) is 13.0 Å². The Bertz CT molecular complexity index is 596. The molecule has 2 aromatic heterocycles. The summed E-state index contributed by atoms with van der Waals surface area (Å²) in [4.78, 5) is 4.09. The minimum atomic E-state index is -0.306. The van der Waals surface area contributed by atoms with E-state index in [1.54, 1.807) is 6.07 Å². The van der Waals surface area contributed by atoms with Crippen LogP contribution in [-0.4, -0.2) is 14.8 Å². The SMILES string of the molecule is Fc1ccc(-c2cc3n(n2)CC2(CC3)CC2)nc1. The molecule has 92 valence electrons. The minimum absolute atomic E-state index is 0.306. The van der Waals surface area contributed by atoms with Gasteiger partial charge in [0, 0.05) is 12.2 Å². The van der Waals surface area contributed by atoms with Crippen LogP contribution >= 0.6 is 0 Å². The Morgan fingerprint density at radius 3 is 2.78 bits per heavy atom. The van der Waals surface area contributed by atoms with Crippen molar-refractivity contribution < 1.29 is 4.39 Å². The number of rotatable bonds is 1. The maximum atomic E-state index is 12.9. The zero-order valence-electron chi connectivity index (χ0n) is 10.1. The van der Waals surface area contributed by atoms with E-state index in [0.29, 0.717) is 5.41 Å². The molecule has 0 saturated heterocycles. The molecule has 1 fully saturated rings. The van der Waals surface area contributed by atoms with Crippen LogP contribution in [0.1, 0.15) is 25.0 Å². The minimum Gasteiger partial charge on any atom is -0.268 e. The van der Waals surface area contributed by atoms with Crippen LogP contribution < -0.4 is 0 Å². The molecule has 0 radical (unpaired) electrons. The lowest BCUT2D eigenvalue weighted by Crippen LogP contribution is -2.21. The fraction of sp³-hybridized carbons (Fsp3) is 0.429. The molecule has 0 aromatic carbocycles. The summed E-state index contributed by atoms with van der Waals surface area (Å²) in [5, 5.41) is 4.62. The van der Waals surface area contributed by atoms with Crippen LogP contribution in [0.5, 0.6) is 0 Å². The molecule has 4 heteroatoms. The van der Waals surface area contributed by atoms with E-state index in [4.69, 9.17) is 0 Å². The maximum Gasteiger partial charge on any atom is 0.141 e. The molecule has 18 heavy (non-hydrogen) atoms. The van der Waals surface area contributed by atoms with Crippen molar-refractivity contribution in [2.75, 3.05) is 0 Å². The lowest BCUT2D eigenvalue weighted by molar-refractivity contribution is 0.325. The highest BCUT2D eigenvalue weighted by molar-refractivity contribution is 5.54. The Hall–Kier alpha value is -1.71. The zero-order valence-corrected chi connectivity index (χ0v) is 10.1. The highest BCUT2D eigenvalue weighted by Gasteiger charge is 2.45. The van der Waals surface area contributed by atoms with Gasteiger partial charge in [-0.1, -0.05) is 0 Å². The summed E-state index contributed by atoms with van der Waals surface area (Å²) in [6.45, 7) is 1.05. The smallest absolute Gasteiger partial charge is 0.141 e. The first kappa shape index (κ1) is 10.2. The van der Waals surface area contributed by atoms with Gasteiger partial charge in [0.15, 0.2) is 0 Å². The van der Waals surface area contributed by atoms with Crippen LogP contribution in [0.4, 0.5) is 4.39 Å². The number of hydrogen-bond acceptors (Lipinski definition) is 2. The van der Waals surface area contributed by atoms with Crippen molar-refractivity contribution in [2.24, 2.45) is 5.41 Å². The van der Waals surface area contributed by atoms with Crippen molar-refractivity contribution in [3.63, 3.8) is 0 Å². The molecular weight excluding hydrogens is 229 g/mol. The molecule has 2 aliphatic rings. The highest BCUT2D eigenvalue weighted by Crippen LogP contribution is 2.52. The quantitative estimate of drug-likeness (QED) is 0.771. The van der Waals surface area contributed by atoms with Gasteiger partial charge in [-0.3, -0.25) is 9.67 Å². The molecule has 0 amide bonds. The van der Waals surface area contributed by atoms with Gasteiger partial charge in [0.2, 0.25) is 0 Å². The number of hydrogen-bond donors (Lipinski definition) is 0. The van der Waals surface area contributed by atoms with Gasteiger partial charge in [0.25, 0.3) is 0 Å². The van der Waals surface area contributed by atoms with Crippen molar-refractivity contribution in [3.8, 4) is 11.4 Å². The molecule has 4 rings (SSSR count). The number of pyridine rings is 1. The van der Waals surface area contributed by atoms with Gasteiger partial charge in [0.1, 0.15) is 11.5 Å². The Labute approximate surface area is 105 Å². The monoisotopic (exact) mass is 243 g/mol. The topological polar surface area (TPSA) is 30.7 Å². The number of aromatic nitrogens is 3. The molecular formula is C14H14FN3. The molecule has 3 nitrogen and oxygen atoms in total. The first-order valence-corrected chi connectivity index (χ1v) is 6.43. The number of aryl methyl sites for hydroxylation is 1. The summed E-state index contributed by atoms with van der Waals surface area (Å²) in [7, 11) is 0. The molecule has 0 atom stereocenters. The first-order chi connectivity index (χ1) is 8.74. The summed E-state index contributed by atoms with van der Waals surface area (Å²) in [6.07, 6.45) is 6.33. The van der Waals surface area contributed by atoms with E-state index in [1.165, 1.54) is 37.2 Å². The van der Waals surface area contributed by atoms with E-state index < -0.39 is 0 Å². The van der Waals surface area contributed by atoms with Crippen molar-refractivity contribution in [1.82, 2.24) is 14.8 Å². The standard InChI is InChI=1S/C14H14FN3/c15-10-1-2-12(16-8-10)13-7-11-3-4-14(5-6-14)9-18(11)17-13/h1-2,7-8H,3-6,9H2. The van der Waals surface area contributed by atoms with E-state index in [2.05, 4.69) is 20.8 Å². The molecule has 1 saturated carbocycles. The van der Waals surface area contributed by atoms with E-state index in [-0.39, 0.29) is 5.82 Å². The Morgan fingerprint density at radius 1 is 1.17 bits per heavy atom. The first-order valence-electron chi connectivity index (χ1n) is 6.43. The van der Waals surface area contributed by atoms with Gasteiger partial charge < -0.3 is 0 Å². The van der Waals surface area contributed by atoms with Crippen LogP contribution in [0.2, 0.25) is 0 Å². The van der Waals surface area contributed by atoms with Crippen molar-refractivity contribution in [3.05, 3.63) is 35.9 Å². The average molecular weight is 243 g/mol. The summed E-state index contributed by atoms with van der Waals surface area (Å²) in [6, 6.07) is 5.22. The van der Waals surface area contributed by atoms with E-state index >= 15 is 0 Å². The molecule has 1 spiro atoms. The normalized spacial score (nSPS) is 19.8. The highest BCUT2D eigenvalue weighted by atomic mass is 19.1. The third-order valence-electron chi connectivity index (χ3n) is 4.21. The molecule has 0 N–H and O–H groups in total.